The van der Waals surface area contributed by atoms with E-state index in [1.165, 1.54) is 21.9 Å². The molecule has 3 amide bonds. The summed E-state index contributed by atoms with van der Waals surface area (Å²) in [6, 6.07) is 4.28. The maximum Gasteiger partial charge on any atom is 0.263 e. The number of primary amides is 1. The molecule has 2 aliphatic rings. The third-order valence-electron chi connectivity index (χ3n) is 5.00. The predicted octanol–water partition coefficient (Wildman–Crippen LogP) is -0.183. The van der Waals surface area contributed by atoms with Crippen LogP contribution >= 0.6 is 0 Å². The molecule has 0 spiro atoms. The summed E-state index contributed by atoms with van der Waals surface area (Å²) in [7, 11) is 0. The maximum atomic E-state index is 13.4. The van der Waals surface area contributed by atoms with Crippen LogP contribution in [0.15, 0.2) is 18.2 Å². The highest BCUT2D eigenvalue weighted by Gasteiger charge is 2.33. The molecule has 1 aromatic carbocycles. The van der Waals surface area contributed by atoms with E-state index >= 15 is 0 Å². The lowest BCUT2D eigenvalue weighted by atomic mass is 10.0. The Morgan fingerprint density at radius 1 is 1.18 bits per heavy atom. The largest absolute Gasteiger partial charge is 0.480 e. The van der Waals surface area contributed by atoms with Crippen molar-refractivity contribution in [3.8, 4) is 5.75 Å². The van der Waals surface area contributed by atoms with Crippen LogP contribution in [-0.4, -0.2) is 71.0 Å². The Labute approximate surface area is 162 Å². The summed E-state index contributed by atoms with van der Waals surface area (Å²) in [4.78, 5) is 38.8. The molecule has 9 heteroatoms. The first kappa shape index (κ1) is 20.1. The number of aryl methyl sites for hydroxylation is 1. The minimum atomic E-state index is -0.905. The van der Waals surface area contributed by atoms with Gasteiger partial charge in [-0.05, 0) is 24.5 Å². The third-order valence-corrected chi connectivity index (χ3v) is 5.00. The number of nitrogens with two attached hydrogens (primary N) is 1. The van der Waals surface area contributed by atoms with E-state index in [4.69, 9.17) is 10.5 Å². The summed E-state index contributed by atoms with van der Waals surface area (Å²) < 4.78 is 19.1. The molecule has 0 saturated carbocycles. The van der Waals surface area contributed by atoms with Gasteiger partial charge in [0.05, 0.1) is 6.10 Å². The first-order chi connectivity index (χ1) is 13.3. The molecule has 2 heterocycles. The van der Waals surface area contributed by atoms with Crippen molar-refractivity contribution in [2.24, 2.45) is 5.73 Å². The molecule has 2 atom stereocenters. The first-order valence-electron chi connectivity index (χ1n) is 9.31. The lowest BCUT2D eigenvalue weighted by Gasteiger charge is -2.30. The molecular formula is C19H24FN3O5. The van der Waals surface area contributed by atoms with Gasteiger partial charge in [0.25, 0.3) is 5.91 Å². The number of aliphatic hydroxyl groups is 1. The molecule has 0 aromatic heterocycles. The summed E-state index contributed by atoms with van der Waals surface area (Å²) in [5.41, 5.74) is 5.92. The van der Waals surface area contributed by atoms with Gasteiger partial charge < -0.3 is 25.4 Å². The van der Waals surface area contributed by atoms with Gasteiger partial charge in [0.2, 0.25) is 11.8 Å². The van der Waals surface area contributed by atoms with Crippen LogP contribution in [0, 0.1) is 5.82 Å². The van der Waals surface area contributed by atoms with E-state index in [1.807, 2.05) is 0 Å². The number of nitrogens with zero attached hydrogens (tertiary/aromatic N) is 2. The molecule has 0 bridgehead atoms. The van der Waals surface area contributed by atoms with Crippen molar-refractivity contribution in [1.82, 2.24) is 9.80 Å². The number of carbonyl (C=O) groups excluding carboxylic acids is 3. The number of aliphatic hydroxyl groups excluding tert-OH is 1. The maximum absolute atomic E-state index is 13.4. The summed E-state index contributed by atoms with van der Waals surface area (Å²) in [5, 5.41) is 10.2. The Bertz CT molecular complexity index is 772. The zero-order valence-electron chi connectivity index (χ0n) is 15.5. The average Bonchev–Trinajstić information content (AvgIpc) is 2.86. The van der Waals surface area contributed by atoms with Crippen molar-refractivity contribution in [1.29, 1.82) is 0 Å². The van der Waals surface area contributed by atoms with Crippen LogP contribution in [0.25, 0.3) is 0 Å². The molecule has 1 fully saturated rings. The summed E-state index contributed by atoms with van der Waals surface area (Å²) in [6.07, 6.45) is -0.675. The van der Waals surface area contributed by atoms with E-state index in [1.54, 1.807) is 6.07 Å². The normalized spacial score (nSPS) is 22.1. The lowest BCUT2D eigenvalue weighted by molar-refractivity contribution is -0.140. The highest BCUT2D eigenvalue weighted by Crippen LogP contribution is 2.29. The van der Waals surface area contributed by atoms with Crippen molar-refractivity contribution in [3.05, 3.63) is 29.6 Å². The summed E-state index contributed by atoms with van der Waals surface area (Å²) in [6.45, 7) is 0.654. The Hall–Kier alpha value is -2.68. The van der Waals surface area contributed by atoms with Crippen LogP contribution in [0.3, 0.4) is 0 Å². The van der Waals surface area contributed by atoms with Gasteiger partial charge in [0, 0.05) is 45.1 Å². The van der Waals surface area contributed by atoms with Crippen molar-refractivity contribution in [2.75, 3.05) is 26.2 Å². The van der Waals surface area contributed by atoms with Gasteiger partial charge >= 0.3 is 0 Å². The zero-order valence-corrected chi connectivity index (χ0v) is 15.5. The van der Waals surface area contributed by atoms with Crippen LogP contribution in [0.4, 0.5) is 4.39 Å². The van der Waals surface area contributed by atoms with E-state index < -0.39 is 23.9 Å². The van der Waals surface area contributed by atoms with Crippen molar-refractivity contribution < 1.29 is 28.6 Å². The van der Waals surface area contributed by atoms with E-state index in [0.717, 1.165) is 5.56 Å². The number of hydrogen-bond acceptors (Lipinski definition) is 5. The van der Waals surface area contributed by atoms with Crippen molar-refractivity contribution in [3.63, 3.8) is 0 Å². The molecule has 2 aliphatic heterocycles. The molecule has 0 aliphatic carbocycles. The van der Waals surface area contributed by atoms with Crippen LogP contribution in [0.1, 0.15) is 24.8 Å². The van der Waals surface area contributed by atoms with E-state index in [-0.39, 0.29) is 50.8 Å². The van der Waals surface area contributed by atoms with E-state index in [0.29, 0.717) is 18.6 Å². The molecule has 3 N–H and O–H groups in total. The molecule has 152 valence electrons. The number of fused-ring (bicyclic) bond motifs is 1. The molecule has 2 unspecified atom stereocenters. The van der Waals surface area contributed by atoms with Gasteiger partial charge in [0.15, 0.2) is 6.10 Å². The first-order valence-corrected chi connectivity index (χ1v) is 9.31. The quantitative estimate of drug-likeness (QED) is 0.737. The highest BCUT2D eigenvalue weighted by atomic mass is 19.1. The standard InChI is InChI=1S/C19H24FN3O5/c20-13-3-1-12-2-4-15(28-16(12)9-13)19(27)23-8-7-22(10-14(24)11-23)18(26)6-5-17(21)25/h1,3,9,14-15,24H,2,4-8,10-11H2,(H2,21,25). The van der Waals surface area contributed by atoms with Gasteiger partial charge in [-0.3, -0.25) is 14.4 Å². The number of ether oxygens (including phenoxy) is 1. The molecule has 8 nitrogen and oxygen atoms in total. The van der Waals surface area contributed by atoms with Crippen LogP contribution in [0.2, 0.25) is 0 Å². The van der Waals surface area contributed by atoms with Crippen LogP contribution in [-0.2, 0) is 20.8 Å². The fourth-order valence-corrected chi connectivity index (χ4v) is 3.53. The van der Waals surface area contributed by atoms with Crippen molar-refractivity contribution >= 4 is 17.7 Å². The van der Waals surface area contributed by atoms with Crippen LogP contribution < -0.4 is 10.5 Å². The highest BCUT2D eigenvalue weighted by molar-refractivity contribution is 5.84. The Balaban J connectivity index is 1.62. The molecule has 0 radical (unpaired) electrons. The second-order valence-electron chi connectivity index (χ2n) is 7.14. The van der Waals surface area contributed by atoms with Crippen LogP contribution in [0.5, 0.6) is 5.75 Å². The minimum Gasteiger partial charge on any atom is -0.480 e. The number of hydrogen-bond donors (Lipinski definition) is 2. The predicted molar refractivity (Wildman–Crippen MR) is 96.7 cm³/mol. The number of β-amino-alcohol motifs (C(OH)–C–C–N with tert-alkyl or cyclic N) is 1. The number of carbonyl (C=O) groups is 3. The van der Waals surface area contributed by atoms with Gasteiger partial charge in [0.1, 0.15) is 11.6 Å². The van der Waals surface area contributed by atoms with E-state index in [2.05, 4.69) is 0 Å². The average molecular weight is 393 g/mol. The molecule has 1 saturated heterocycles. The SMILES string of the molecule is NC(=O)CCC(=O)N1CCN(C(=O)C2CCc3ccc(F)cc3O2)CC(O)C1. The Kier molecular flexibility index (Phi) is 6.13. The molecule has 28 heavy (non-hydrogen) atoms. The van der Waals surface area contributed by atoms with Gasteiger partial charge in [-0.1, -0.05) is 6.07 Å². The fourth-order valence-electron chi connectivity index (χ4n) is 3.53. The van der Waals surface area contributed by atoms with Gasteiger partial charge in [-0.2, -0.15) is 0 Å². The second kappa shape index (κ2) is 8.55. The van der Waals surface area contributed by atoms with Gasteiger partial charge in [-0.25, -0.2) is 4.39 Å². The Morgan fingerprint density at radius 2 is 1.89 bits per heavy atom. The molecular weight excluding hydrogens is 369 g/mol. The summed E-state index contributed by atoms with van der Waals surface area (Å²) in [5.74, 6) is -1.21. The van der Waals surface area contributed by atoms with Crippen molar-refractivity contribution in [2.45, 2.75) is 37.9 Å². The molecule has 3 rings (SSSR count). The van der Waals surface area contributed by atoms with Gasteiger partial charge in [-0.15, -0.1) is 0 Å². The molecule has 1 aromatic rings. The smallest absolute Gasteiger partial charge is 0.263 e. The topological polar surface area (TPSA) is 113 Å². The number of benzene rings is 1. The van der Waals surface area contributed by atoms with E-state index in [9.17, 15) is 23.9 Å². The summed E-state index contributed by atoms with van der Waals surface area (Å²) >= 11 is 0. The third kappa shape index (κ3) is 4.78. The lowest BCUT2D eigenvalue weighted by Crippen LogP contribution is -2.46. The number of amides is 3. The second-order valence-corrected chi connectivity index (χ2v) is 7.14. The Morgan fingerprint density at radius 3 is 2.64 bits per heavy atom. The monoisotopic (exact) mass is 393 g/mol. The number of rotatable bonds is 4. The minimum absolute atomic E-state index is 0.0237. The zero-order chi connectivity index (χ0) is 20.3. The number of halogens is 1. The fraction of sp³-hybridized carbons (Fsp3) is 0.526.